The van der Waals surface area contributed by atoms with Gasteiger partial charge in [0.05, 0.1) is 12.6 Å². The molecule has 0 spiro atoms. The molecule has 0 fully saturated rings. The molecule has 6 heteroatoms. The molecule has 1 aliphatic rings. The van der Waals surface area contributed by atoms with Crippen LogP contribution in [0.3, 0.4) is 0 Å². The van der Waals surface area contributed by atoms with E-state index >= 15 is 0 Å². The van der Waals surface area contributed by atoms with Gasteiger partial charge in [-0.05, 0) is 12.5 Å². The molecule has 6 nitrogen and oxygen atoms in total. The zero-order chi connectivity index (χ0) is 15.2. The maximum atomic E-state index is 11.9. The normalized spacial score (nSPS) is 16.4. The third-order valence-corrected chi connectivity index (χ3v) is 3.10. The Morgan fingerprint density at radius 1 is 1.38 bits per heavy atom. The SMILES string of the molecule is C[C@@H](O)CNC(=O)C1=NN(Cc2ccccc2)C(=O)CC1. The largest absolute Gasteiger partial charge is 0.392 e. The second kappa shape index (κ2) is 6.99. The van der Waals surface area contributed by atoms with Gasteiger partial charge in [-0.2, -0.15) is 5.10 Å². The van der Waals surface area contributed by atoms with Gasteiger partial charge in [0.25, 0.3) is 5.91 Å². The van der Waals surface area contributed by atoms with Crippen LogP contribution in [0.15, 0.2) is 35.4 Å². The van der Waals surface area contributed by atoms with Crippen molar-refractivity contribution in [3.63, 3.8) is 0 Å². The number of nitrogens with zero attached hydrogens (tertiary/aromatic N) is 2. The summed E-state index contributed by atoms with van der Waals surface area (Å²) in [5.41, 5.74) is 1.28. The van der Waals surface area contributed by atoms with Crippen molar-refractivity contribution in [3.8, 4) is 0 Å². The van der Waals surface area contributed by atoms with Crippen molar-refractivity contribution in [1.29, 1.82) is 0 Å². The number of hydrogen-bond acceptors (Lipinski definition) is 4. The first-order chi connectivity index (χ1) is 10.1. The molecular formula is C15H19N3O3. The highest BCUT2D eigenvalue weighted by Gasteiger charge is 2.24. The number of carbonyl (C=O) groups excluding carboxylic acids is 2. The Bertz CT molecular complexity index is 540. The van der Waals surface area contributed by atoms with Crippen molar-refractivity contribution in [2.45, 2.75) is 32.4 Å². The summed E-state index contributed by atoms with van der Waals surface area (Å²) in [6.07, 6.45) is -0.0102. The number of rotatable bonds is 5. The Labute approximate surface area is 123 Å². The molecule has 1 atom stereocenters. The Balaban J connectivity index is 2.04. The lowest BCUT2D eigenvalue weighted by Crippen LogP contribution is -2.40. The van der Waals surface area contributed by atoms with Gasteiger partial charge < -0.3 is 10.4 Å². The molecule has 0 radical (unpaired) electrons. The van der Waals surface area contributed by atoms with Crippen LogP contribution in [0.4, 0.5) is 0 Å². The van der Waals surface area contributed by atoms with Gasteiger partial charge in [0.2, 0.25) is 5.91 Å². The molecule has 0 aliphatic carbocycles. The van der Waals surface area contributed by atoms with Gasteiger partial charge in [0, 0.05) is 19.4 Å². The van der Waals surface area contributed by atoms with Crippen molar-refractivity contribution >= 4 is 17.5 Å². The number of aliphatic hydroxyl groups excluding tert-OH is 1. The highest BCUT2D eigenvalue weighted by atomic mass is 16.3. The fourth-order valence-electron chi connectivity index (χ4n) is 1.99. The highest BCUT2D eigenvalue weighted by Crippen LogP contribution is 2.13. The Hall–Kier alpha value is -2.21. The summed E-state index contributed by atoms with van der Waals surface area (Å²) in [5.74, 6) is -0.424. The van der Waals surface area contributed by atoms with Crippen molar-refractivity contribution < 1.29 is 14.7 Å². The van der Waals surface area contributed by atoms with E-state index in [9.17, 15) is 9.59 Å². The Morgan fingerprint density at radius 2 is 2.10 bits per heavy atom. The van der Waals surface area contributed by atoms with Gasteiger partial charge in [0.15, 0.2) is 0 Å². The summed E-state index contributed by atoms with van der Waals surface area (Å²) in [6, 6.07) is 9.50. The first-order valence-corrected chi connectivity index (χ1v) is 6.94. The number of benzene rings is 1. The number of aliphatic hydroxyl groups is 1. The molecule has 1 aromatic rings. The Kier molecular flexibility index (Phi) is 5.05. The van der Waals surface area contributed by atoms with Crippen LogP contribution >= 0.6 is 0 Å². The molecule has 0 aromatic heterocycles. The lowest BCUT2D eigenvalue weighted by atomic mass is 10.1. The van der Waals surface area contributed by atoms with E-state index in [2.05, 4.69) is 10.4 Å². The van der Waals surface area contributed by atoms with Crippen LogP contribution in [-0.2, 0) is 16.1 Å². The van der Waals surface area contributed by atoms with Crippen molar-refractivity contribution in [1.82, 2.24) is 10.3 Å². The average Bonchev–Trinajstić information content (AvgIpc) is 2.48. The number of hydrazone groups is 1. The van der Waals surface area contributed by atoms with Crippen LogP contribution in [0.5, 0.6) is 0 Å². The first kappa shape index (κ1) is 15.2. The van der Waals surface area contributed by atoms with E-state index < -0.39 is 6.10 Å². The third kappa shape index (κ3) is 4.39. The van der Waals surface area contributed by atoms with Crippen LogP contribution in [-0.4, -0.2) is 40.3 Å². The van der Waals surface area contributed by atoms with Crippen LogP contribution in [0.25, 0.3) is 0 Å². The Morgan fingerprint density at radius 3 is 2.76 bits per heavy atom. The summed E-state index contributed by atoms with van der Waals surface area (Å²) in [7, 11) is 0. The molecule has 21 heavy (non-hydrogen) atoms. The maximum Gasteiger partial charge on any atom is 0.267 e. The molecule has 1 heterocycles. The lowest BCUT2D eigenvalue weighted by molar-refractivity contribution is -0.132. The van der Waals surface area contributed by atoms with Gasteiger partial charge in [-0.25, -0.2) is 5.01 Å². The molecule has 112 valence electrons. The van der Waals surface area contributed by atoms with Crippen molar-refractivity contribution in [2.24, 2.45) is 5.10 Å². The molecule has 0 saturated carbocycles. The van der Waals surface area contributed by atoms with Crippen molar-refractivity contribution in [3.05, 3.63) is 35.9 Å². The fraction of sp³-hybridized carbons (Fsp3) is 0.400. The van der Waals surface area contributed by atoms with E-state index in [0.717, 1.165) is 5.56 Å². The minimum absolute atomic E-state index is 0.0917. The van der Waals surface area contributed by atoms with Crippen LogP contribution < -0.4 is 5.32 Å². The molecule has 2 rings (SSSR count). The fourth-order valence-corrected chi connectivity index (χ4v) is 1.99. The van der Waals surface area contributed by atoms with Crippen LogP contribution in [0.2, 0.25) is 0 Å². The number of amides is 2. The lowest BCUT2D eigenvalue weighted by Gasteiger charge is -2.23. The van der Waals surface area contributed by atoms with Gasteiger partial charge in [-0.15, -0.1) is 0 Å². The number of nitrogens with one attached hydrogen (secondary N) is 1. The van der Waals surface area contributed by atoms with Gasteiger partial charge in [0.1, 0.15) is 5.71 Å². The van der Waals surface area contributed by atoms with E-state index in [1.807, 2.05) is 30.3 Å². The smallest absolute Gasteiger partial charge is 0.267 e. The molecule has 1 aromatic carbocycles. The summed E-state index contributed by atoms with van der Waals surface area (Å²) in [6.45, 7) is 2.12. The number of hydrogen-bond donors (Lipinski definition) is 2. The molecular weight excluding hydrogens is 270 g/mol. The molecule has 0 bridgehead atoms. The van der Waals surface area contributed by atoms with Gasteiger partial charge in [-0.1, -0.05) is 30.3 Å². The predicted octanol–water partition coefficient (Wildman–Crippen LogP) is 0.662. The summed E-state index contributed by atoms with van der Waals surface area (Å²) >= 11 is 0. The minimum Gasteiger partial charge on any atom is -0.392 e. The van der Waals surface area contributed by atoms with Gasteiger partial charge >= 0.3 is 0 Å². The van der Waals surface area contributed by atoms with E-state index in [0.29, 0.717) is 18.7 Å². The molecule has 1 aliphatic heterocycles. The van der Waals surface area contributed by atoms with E-state index in [1.54, 1.807) is 6.92 Å². The van der Waals surface area contributed by atoms with Crippen molar-refractivity contribution in [2.75, 3.05) is 6.54 Å². The highest BCUT2D eigenvalue weighted by molar-refractivity contribution is 6.39. The summed E-state index contributed by atoms with van der Waals surface area (Å²) in [5, 5.41) is 17.2. The average molecular weight is 289 g/mol. The zero-order valence-electron chi connectivity index (χ0n) is 12.0. The van der Waals surface area contributed by atoms with E-state index in [-0.39, 0.29) is 24.8 Å². The molecule has 2 amide bonds. The molecule has 0 unspecified atom stereocenters. The predicted molar refractivity (Wildman–Crippen MR) is 78.4 cm³/mol. The molecule has 0 saturated heterocycles. The third-order valence-electron chi connectivity index (χ3n) is 3.10. The molecule has 2 N–H and O–H groups in total. The maximum absolute atomic E-state index is 11.9. The van der Waals surface area contributed by atoms with E-state index in [1.165, 1.54) is 5.01 Å². The summed E-state index contributed by atoms with van der Waals surface area (Å²) < 4.78 is 0. The van der Waals surface area contributed by atoms with Gasteiger partial charge in [-0.3, -0.25) is 9.59 Å². The van der Waals surface area contributed by atoms with Crippen LogP contribution in [0.1, 0.15) is 25.3 Å². The van der Waals surface area contributed by atoms with E-state index in [4.69, 9.17) is 5.11 Å². The summed E-state index contributed by atoms with van der Waals surface area (Å²) in [4.78, 5) is 23.8. The zero-order valence-corrected chi connectivity index (χ0v) is 12.0. The minimum atomic E-state index is -0.611. The second-order valence-electron chi connectivity index (χ2n) is 5.04. The first-order valence-electron chi connectivity index (χ1n) is 6.94. The second-order valence-corrected chi connectivity index (χ2v) is 5.04. The standard InChI is InChI=1S/C15H19N3O3/c1-11(19)9-16-15(21)13-7-8-14(20)18(17-13)10-12-5-3-2-4-6-12/h2-6,11,19H,7-10H2,1H3,(H,16,21)/t11-/m1/s1. The number of carbonyl (C=O) groups is 2. The quantitative estimate of drug-likeness (QED) is 0.835. The monoisotopic (exact) mass is 289 g/mol. The topological polar surface area (TPSA) is 82.0 Å². The van der Waals surface area contributed by atoms with Crippen LogP contribution in [0, 0.1) is 0 Å².